The van der Waals surface area contributed by atoms with Gasteiger partial charge in [-0.25, -0.2) is 0 Å². The number of hydrogen-bond donors (Lipinski definition) is 0. The van der Waals surface area contributed by atoms with Gasteiger partial charge in [-0.05, 0) is 69.1 Å². The molecule has 0 bridgehead atoms. The first-order valence-corrected chi connectivity index (χ1v) is 10.5. The van der Waals surface area contributed by atoms with Gasteiger partial charge in [0.2, 0.25) is 0 Å². The Balaban J connectivity index is 1.34. The van der Waals surface area contributed by atoms with Crippen LogP contribution in [0, 0.1) is 29.6 Å². The molecule has 1 heterocycles. The average Bonchev–Trinajstić information content (AvgIpc) is 2.62. The molecule has 3 heteroatoms. The SMILES string of the molecule is CC1CCC(C2CCC(C3=NC4CCCCC4C(=O)O3)CC2)CC1. The van der Waals surface area contributed by atoms with Crippen LogP contribution in [0.1, 0.15) is 84.0 Å². The van der Waals surface area contributed by atoms with Gasteiger partial charge < -0.3 is 4.74 Å². The van der Waals surface area contributed by atoms with Crippen molar-refractivity contribution in [1.29, 1.82) is 0 Å². The topological polar surface area (TPSA) is 38.7 Å². The zero-order chi connectivity index (χ0) is 16.5. The van der Waals surface area contributed by atoms with Crippen LogP contribution in [-0.4, -0.2) is 17.9 Å². The molecule has 0 aromatic carbocycles. The zero-order valence-electron chi connectivity index (χ0n) is 15.2. The van der Waals surface area contributed by atoms with Gasteiger partial charge in [0.15, 0.2) is 5.90 Å². The fourth-order valence-corrected chi connectivity index (χ4v) is 5.69. The minimum Gasteiger partial charge on any atom is -0.411 e. The molecule has 0 N–H and O–H groups in total. The molecule has 0 spiro atoms. The van der Waals surface area contributed by atoms with E-state index in [0.717, 1.165) is 42.9 Å². The molecule has 0 saturated heterocycles. The Morgan fingerprint density at radius 1 is 0.833 bits per heavy atom. The van der Waals surface area contributed by atoms with E-state index in [1.807, 2.05) is 0 Å². The molecule has 2 unspecified atom stereocenters. The van der Waals surface area contributed by atoms with E-state index in [-0.39, 0.29) is 17.9 Å². The molecule has 0 aromatic rings. The smallest absolute Gasteiger partial charge is 0.317 e. The van der Waals surface area contributed by atoms with Crippen molar-refractivity contribution in [3.8, 4) is 0 Å². The lowest BCUT2D eigenvalue weighted by atomic mass is 9.69. The molecule has 1 aliphatic heterocycles. The van der Waals surface area contributed by atoms with Gasteiger partial charge in [0.05, 0.1) is 12.0 Å². The van der Waals surface area contributed by atoms with Gasteiger partial charge in [0.25, 0.3) is 0 Å². The van der Waals surface area contributed by atoms with Crippen LogP contribution in [0.3, 0.4) is 0 Å². The maximum Gasteiger partial charge on any atom is 0.317 e. The predicted octanol–water partition coefficient (Wildman–Crippen LogP) is 5.13. The monoisotopic (exact) mass is 331 g/mol. The van der Waals surface area contributed by atoms with Crippen molar-refractivity contribution < 1.29 is 9.53 Å². The van der Waals surface area contributed by atoms with E-state index in [0.29, 0.717) is 5.92 Å². The molecule has 134 valence electrons. The maximum atomic E-state index is 12.3. The van der Waals surface area contributed by atoms with Gasteiger partial charge in [0.1, 0.15) is 0 Å². The Labute approximate surface area is 146 Å². The standard InChI is InChI=1S/C21H33NO2/c1-14-6-8-15(9-7-14)16-10-12-17(13-11-16)20-22-19-5-3-2-4-18(19)21(23)24-20/h14-19H,2-13H2,1H3. The van der Waals surface area contributed by atoms with Crippen molar-refractivity contribution in [3.05, 3.63) is 0 Å². The van der Waals surface area contributed by atoms with Gasteiger partial charge >= 0.3 is 5.97 Å². The summed E-state index contributed by atoms with van der Waals surface area (Å²) in [4.78, 5) is 17.2. The number of aliphatic imine (C=N–C) groups is 1. The fourth-order valence-electron chi connectivity index (χ4n) is 5.69. The normalized spacial score (nSPS) is 43.5. The van der Waals surface area contributed by atoms with Crippen molar-refractivity contribution >= 4 is 11.9 Å². The molecule has 3 saturated carbocycles. The molecule has 24 heavy (non-hydrogen) atoms. The summed E-state index contributed by atoms with van der Waals surface area (Å²) < 4.78 is 5.70. The molecular formula is C21H33NO2. The second-order valence-corrected chi connectivity index (χ2v) is 8.98. The van der Waals surface area contributed by atoms with Crippen molar-refractivity contribution in [3.63, 3.8) is 0 Å². The first kappa shape index (κ1) is 16.6. The highest BCUT2D eigenvalue weighted by atomic mass is 16.5. The molecule has 4 rings (SSSR count). The van der Waals surface area contributed by atoms with Crippen LogP contribution in [0.25, 0.3) is 0 Å². The third-order valence-corrected chi connectivity index (χ3v) is 7.38. The lowest BCUT2D eigenvalue weighted by Gasteiger charge is -2.38. The van der Waals surface area contributed by atoms with Gasteiger partial charge in [-0.3, -0.25) is 9.79 Å². The molecule has 3 aliphatic carbocycles. The summed E-state index contributed by atoms with van der Waals surface area (Å²) in [6.45, 7) is 2.40. The lowest BCUT2D eigenvalue weighted by Crippen LogP contribution is -2.41. The molecule has 3 nitrogen and oxygen atoms in total. The first-order chi connectivity index (χ1) is 11.7. The lowest BCUT2D eigenvalue weighted by molar-refractivity contribution is -0.143. The van der Waals surface area contributed by atoms with Crippen LogP contribution in [-0.2, 0) is 9.53 Å². The van der Waals surface area contributed by atoms with E-state index in [4.69, 9.17) is 9.73 Å². The molecular weight excluding hydrogens is 298 g/mol. The number of fused-ring (bicyclic) bond motifs is 1. The van der Waals surface area contributed by atoms with Crippen LogP contribution >= 0.6 is 0 Å². The minimum absolute atomic E-state index is 0.0214. The highest BCUT2D eigenvalue weighted by Crippen LogP contribution is 2.42. The van der Waals surface area contributed by atoms with E-state index >= 15 is 0 Å². The van der Waals surface area contributed by atoms with Gasteiger partial charge in [-0.2, -0.15) is 0 Å². The molecule has 0 aromatic heterocycles. The van der Waals surface area contributed by atoms with Crippen molar-refractivity contribution in [1.82, 2.24) is 0 Å². The highest BCUT2D eigenvalue weighted by Gasteiger charge is 2.40. The quantitative estimate of drug-likeness (QED) is 0.658. The predicted molar refractivity (Wildman–Crippen MR) is 95.8 cm³/mol. The highest BCUT2D eigenvalue weighted by molar-refractivity contribution is 5.93. The number of cyclic esters (lactones) is 1. The fraction of sp³-hybridized carbons (Fsp3) is 0.905. The second kappa shape index (κ2) is 7.17. The Morgan fingerprint density at radius 2 is 1.46 bits per heavy atom. The summed E-state index contributed by atoms with van der Waals surface area (Å²) in [6, 6.07) is 0.229. The molecule has 0 amide bonds. The number of carbonyl (C=O) groups is 1. The molecule has 0 radical (unpaired) electrons. The van der Waals surface area contributed by atoms with Gasteiger partial charge in [-0.15, -0.1) is 0 Å². The summed E-state index contributed by atoms with van der Waals surface area (Å²) in [7, 11) is 0. The Kier molecular flexibility index (Phi) is 4.96. The van der Waals surface area contributed by atoms with Crippen molar-refractivity contribution in [2.24, 2.45) is 34.6 Å². The summed E-state index contributed by atoms with van der Waals surface area (Å²) in [6.07, 6.45) is 15.2. The van der Waals surface area contributed by atoms with E-state index in [2.05, 4.69) is 6.92 Å². The Bertz CT molecular complexity index is 484. The van der Waals surface area contributed by atoms with E-state index in [9.17, 15) is 4.79 Å². The molecule has 4 aliphatic rings. The number of esters is 1. The third kappa shape index (κ3) is 3.41. The Morgan fingerprint density at radius 3 is 2.17 bits per heavy atom. The molecule has 3 fully saturated rings. The van der Waals surface area contributed by atoms with E-state index < -0.39 is 0 Å². The molecule has 2 atom stereocenters. The number of carbonyl (C=O) groups excluding carboxylic acids is 1. The first-order valence-electron chi connectivity index (χ1n) is 10.5. The van der Waals surface area contributed by atoms with E-state index in [1.165, 1.54) is 57.8 Å². The number of rotatable bonds is 2. The third-order valence-electron chi connectivity index (χ3n) is 7.38. The number of ether oxygens (including phenoxy) is 1. The maximum absolute atomic E-state index is 12.3. The van der Waals surface area contributed by atoms with Crippen molar-refractivity contribution in [2.45, 2.75) is 90.0 Å². The van der Waals surface area contributed by atoms with Gasteiger partial charge in [0, 0.05) is 5.92 Å². The van der Waals surface area contributed by atoms with Crippen molar-refractivity contribution in [2.75, 3.05) is 0 Å². The summed E-state index contributed by atoms with van der Waals surface area (Å²) in [5.41, 5.74) is 0. The zero-order valence-corrected chi connectivity index (χ0v) is 15.2. The van der Waals surface area contributed by atoms with Crippen LogP contribution in [0.5, 0.6) is 0 Å². The van der Waals surface area contributed by atoms with Crippen LogP contribution in [0.15, 0.2) is 4.99 Å². The summed E-state index contributed by atoms with van der Waals surface area (Å²) in [5.74, 6) is 4.11. The van der Waals surface area contributed by atoms with Crippen LogP contribution in [0.2, 0.25) is 0 Å². The minimum atomic E-state index is 0.0214. The number of nitrogens with zero attached hydrogens (tertiary/aromatic N) is 1. The summed E-state index contributed by atoms with van der Waals surface area (Å²) >= 11 is 0. The summed E-state index contributed by atoms with van der Waals surface area (Å²) in [5, 5.41) is 0. The average molecular weight is 332 g/mol. The Hall–Kier alpha value is -0.860. The number of hydrogen-bond acceptors (Lipinski definition) is 3. The van der Waals surface area contributed by atoms with E-state index in [1.54, 1.807) is 0 Å². The van der Waals surface area contributed by atoms with Crippen LogP contribution in [0.4, 0.5) is 0 Å². The van der Waals surface area contributed by atoms with Crippen LogP contribution < -0.4 is 0 Å². The second-order valence-electron chi connectivity index (χ2n) is 8.98. The van der Waals surface area contributed by atoms with Gasteiger partial charge in [-0.1, -0.05) is 32.6 Å². The largest absolute Gasteiger partial charge is 0.411 e.